The van der Waals surface area contributed by atoms with Crippen molar-refractivity contribution in [3.63, 3.8) is 0 Å². The quantitative estimate of drug-likeness (QED) is 0.738. The highest BCUT2D eigenvalue weighted by atomic mass is 79.9. The zero-order valence-corrected chi connectivity index (χ0v) is 15.7. The fraction of sp³-hybridized carbons (Fsp3) is 0.263. The highest BCUT2D eigenvalue weighted by Gasteiger charge is 2.20. The third-order valence-corrected chi connectivity index (χ3v) is 4.75. The third-order valence-electron chi connectivity index (χ3n) is 4.25. The molecule has 1 amide bonds. The number of aromatic amines is 1. The van der Waals surface area contributed by atoms with Gasteiger partial charge in [0, 0.05) is 60.1 Å². The topological polar surface area (TPSA) is 46.9 Å². The van der Waals surface area contributed by atoms with E-state index in [1.54, 1.807) is 13.2 Å². The molecule has 1 aliphatic heterocycles. The summed E-state index contributed by atoms with van der Waals surface area (Å²) in [7, 11) is 1.63. The number of nitrogens with one attached hydrogen (secondary N) is 1. The van der Waals surface area contributed by atoms with Gasteiger partial charge in [0.1, 0.15) is 5.75 Å². The summed E-state index contributed by atoms with van der Waals surface area (Å²) in [5.74, 6) is 0.779. The molecule has 2 aromatic rings. The molecule has 0 bridgehead atoms. The summed E-state index contributed by atoms with van der Waals surface area (Å²) in [5.41, 5.74) is 2.06. The maximum Gasteiger partial charge on any atom is 0.246 e. The van der Waals surface area contributed by atoms with Crippen LogP contribution in [0, 0.1) is 0 Å². The number of hydrogen-bond donors (Lipinski definition) is 0. The number of halogens is 1. The number of anilines is 1. The van der Waals surface area contributed by atoms with Gasteiger partial charge < -0.3 is 14.5 Å². The Hall–Kier alpha value is -2.34. The van der Waals surface area contributed by atoms with Crippen LogP contribution >= 0.6 is 15.9 Å². The summed E-state index contributed by atoms with van der Waals surface area (Å²) in [5, 5.41) is 0. The summed E-state index contributed by atoms with van der Waals surface area (Å²) < 4.78 is 6.29. The maximum atomic E-state index is 12.5. The number of H-pyrrole nitrogens is 1. The lowest BCUT2D eigenvalue weighted by Gasteiger charge is -2.35. The van der Waals surface area contributed by atoms with Gasteiger partial charge in [0.2, 0.25) is 5.91 Å². The van der Waals surface area contributed by atoms with Gasteiger partial charge in [-0.15, -0.1) is 0 Å². The van der Waals surface area contributed by atoms with E-state index >= 15 is 0 Å². The molecule has 1 saturated heterocycles. The Morgan fingerprint density at radius 2 is 1.88 bits per heavy atom. The van der Waals surface area contributed by atoms with Crippen molar-refractivity contribution in [2.45, 2.75) is 0 Å². The van der Waals surface area contributed by atoms with Crippen LogP contribution in [0.5, 0.6) is 5.75 Å². The van der Waals surface area contributed by atoms with Crippen LogP contribution in [0.4, 0.5) is 5.69 Å². The molecule has 5 nitrogen and oxygen atoms in total. The first kappa shape index (κ1) is 17.5. The zero-order valence-electron chi connectivity index (χ0n) is 14.1. The molecule has 1 aromatic carbocycles. The van der Waals surface area contributed by atoms with Crippen molar-refractivity contribution >= 4 is 33.6 Å². The van der Waals surface area contributed by atoms with Crippen molar-refractivity contribution in [1.29, 1.82) is 0 Å². The first-order chi connectivity index (χ1) is 12.2. The molecule has 25 heavy (non-hydrogen) atoms. The standard InChI is InChI=1S/C19H20BrN3O2/c1-25-18-4-3-16(20)14-15(18)2-5-19(24)23-12-10-22(11-13-23)17-6-8-21-9-7-17/h2-9,14H,10-13H2,1H3/p+1/b5-2+. The summed E-state index contributed by atoms with van der Waals surface area (Å²) >= 11 is 3.45. The minimum Gasteiger partial charge on any atom is -0.496 e. The number of carbonyl (C=O) groups excluding carboxylic acids is 1. The lowest BCUT2D eigenvalue weighted by atomic mass is 10.2. The lowest BCUT2D eigenvalue weighted by Crippen LogP contribution is -2.48. The van der Waals surface area contributed by atoms with Crippen LogP contribution < -0.4 is 14.6 Å². The first-order valence-electron chi connectivity index (χ1n) is 8.19. The maximum absolute atomic E-state index is 12.5. The van der Waals surface area contributed by atoms with E-state index in [0.717, 1.165) is 42.0 Å². The molecule has 1 N–H and O–H groups in total. The molecular weight excluding hydrogens is 382 g/mol. The molecule has 0 saturated carbocycles. The van der Waals surface area contributed by atoms with Gasteiger partial charge in [-0.3, -0.25) is 4.79 Å². The fourth-order valence-electron chi connectivity index (χ4n) is 2.88. The van der Waals surface area contributed by atoms with Crippen LogP contribution in [0.15, 0.2) is 53.3 Å². The van der Waals surface area contributed by atoms with Crippen LogP contribution in [0.2, 0.25) is 0 Å². The first-order valence-corrected chi connectivity index (χ1v) is 8.98. The number of methoxy groups -OCH3 is 1. The van der Waals surface area contributed by atoms with E-state index in [1.807, 2.05) is 41.6 Å². The van der Waals surface area contributed by atoms with E-state index in [-0.39, 0.29) is 5.91 Å². The Balaban J connectivity index is 1.61. The van der Waals surface area contributed by atoms with E-state index in [1.165, 1.54) is 5.69 Å². The number of piperazine rings is 1. The van der Waals surface area contributed by atoms with Gasteiger partial charge in [0.05, 0.1) is 7.11 Å². The van der Waals surface area contributed by atoms with Gasteiger partial charge in [-0.1, -0.05) is 15.9 Å². The number of rotatable bonds is 4. The molecule has 0 unspecified atom stereocenters. The average molecular weight is 403 g/mol. The zero-order chi connectivity index (χ0) is 17.6. The molecule has 0 spiro atoms. The molecule has 0 atom stereocenters. The van der Waals surface area contributed by atoms with Gasteiger partial charge in [-0.25, -0.2) is 4.98 Å². The monoisotopic (exact) mass is 402 g/mol. The van der Waals surface area contributed by atoms with Gasteiger partial charge >= 0.3 is 0 Å². The van der Waals surface area contributed by atoms with E-state index in [0.29, 0.717) is 0 Å². The Labute approximate surface area is 156 Å². The van der Waals surface area contributed by atoms with Gasteiger partial charge in [0.25, 0.3) is 0 Å². The van der Waals surface area contributed by atoms with E-state index in [9.17, 15) is 4.79 Å². The summed E-state index contributed by atoms with van der Waals surface area (Å²) in [6, 6.07) is 9.84. The number of hydrogen-bond acceptors (Lipinski definition) is 3. The van der Waals surface area contributed by atoms with Crippen molar-refractivity contribution in [1.82, 2.24) is 4.90 Å². The highest BCUT2D eigenvalue weighted by Crippen LogP contribution is 2.24. The molecule has 0 aliphatic carbocycles. The molecule has 3 rings (SSSR count). The molecule has 1 fully saturated rings. The largest absolute Gasteiger partial charge is 0.496 e. The molecule has 1 aromatic heterocycles. The number of nitrogens with zero attached hydrogens (tertiary/aromatic N) is 2. The normalized spacial score (nSPS) is 14.8. The number of aromatic nitrogens is 1. The predicted octanol–water partition coefficient (Wildman–Crippen LogP) is 2.63. The SMILES string of the molecule is COc1ccc(Br)cc1/C=C/C(=O)N1CCN(c2cc[nH+]cc2)CC1. The van der Waals surface area contributed by atoms with Crippen LogP contribution in [-0.2, 0) is 4.79 Å². The summed E-state index contributed by atoms with van der Waals surface area (Å²) in [6.45, 7) is 3.11. The molecule has 2 heterocycles. The Morgan fingerprint density at radius 1 is 1.16 bits per heavy atom. The predicted molar refractivity (Wildman–Crippen MR) is 102 cm³/mol. The minimum absolute atomic E-state index is 0.0306. The van der Waals surface area contributed by atoms with Crippen molar-refractivity contribution in [2.24, 2.45) is 0 Å². The Bertz CT molecular complexity index is 757. The highest BCUT2D eigenvalue weighted by molar-refractivity contribution is 9.10. The van der Waals surface area contributed by atoms with Crippen LogP contribution in [0.3, 0.4) is 0 Å². The van der Waals surface area contributed by atoms with Crippen molar-refractivity contribution < 1.29 is 14.5 Å². The average Bonchev–Trinajstić information content (AvgIpc) is 2.67. The Morgan fingerprint density at radius 3 is 2.56 bits per heavy atom. The number of ether oxygens (including phenoxy) is 1. The Kier molecular flexibility index (Phi) is 5.71. The van der Waals surface area contributed by atoms with E-state index in [2.05, 4.69) is 37.9 Å². The van der Waals surface area contributed by atoms with E-state index < -0.39 is 0 Å². The minimum atomic E-state index is 0.0306. The third kappa shape index (κ3) is 4.39. The second-order valence-electron chi connectivity index (χ2n) is 5.79. The van der Waals surface area contributed by atoms with E-state index in [4.69, 9.17) is 4.74 Å². The smallest absolute Gasteiger partial charge is 0.246 e. The summed E-state index contributed by atoms with van der Waals surface area (Å²) in [6.07, 6.45) is 7.27. The molecule has 1 aliphatic rings. The second-order valence-corrected chi connectivity index (χ2v) is 6.71. The van der Waals surface area contributed by atoms with Crippen LogP contribution in [0.1, 0.15) is 5.56 Å². The lowest BCUT2D eigenvalue weighted by molar-refractivity contribution is -0.377. The fourth-order valence-corrected chi connectivity index (χ4v) is 3.25. The number of carbonyl (C=O) groups is 1. The molecule has 0 radical (unpaired) electrons. The van der Waals surface area contributed by atoms with Crippen LogP contribution in [0.25, 0.3) is 6.08 Å². The van der Waals surface area contributed by atoms with Crippen LogP contribution in [-0.4, -0.2) is 44.1 Å². The van der Waals surface area contributed by atoms with Gasteiger partial charge in [0.15, 0.2) is 12.4 Å². The molecule has 6 heteroatoms. The second kappa shape index (κ2) is 8.16. The molecular formula is C19H21BrN3O2+. The molecule has 130 valence electrons. The summed E-state index contributed by atoms with van der Waals surface area (Å²) in [4.78, 5) is 19.7. The van der Waals surface area contributed by atoms with Gasteiger partial charge in [-0.2, -0.15) is 0 Å². The van der Waals surface area contributed by atoms with Crippen molar-refractivity contribution in [3.05, 3.63) is 58.8 Å². The van der Waals surface area contributed by atoms with Crippen molar-refractivity contribution in [2.75, 3.05) is 38.2 Å². The van der Waals surface area contributed by atoms with Crippen molar-refractivity contribution in [3.8, 4) is 5.75 Å². The van der Waals surface area contributed by atoms with Gasteiger partial charge in [-0.05, 0) is 24.3 Å². The number of benzene rings is 1. The number of amides is 1. The number of pyridine rings is 1.